The maximum absolute atomic E-state index is 12.1. The van der Waals surface area contributed by atoms with Gasteiger partial charge in [0, 0.05) is 12.4 Å². The van der Waals surface area contributed by atoms with E-state index in [0.717, 1.165) is 12.3 Å². The molecule has 6 nitrogen and oxygen atoms in total. The molecule has 1 aromatic heterocycles. The fourth-order valence-electron chi connectivity index (χ4n) is 1.34. The van der Waals surface area contributed by atoms with Crippen LogP contribution in [0.2, 0.25) is 0 Å². The molecule has 0 aliphatic rings. The van der Waals surface area contributed by atoms with Crippen molar-refractivity contribution in [3.8, 4) is 0 Å². The molecule has 18 heavy (non-hydrogen) atoms. The van der Waals surface area contributed by atoms with Crippen molar-refractivity contribution in [2.75, 3.05) is 0 Å². The van der Waals surface area contributed by atoms with Gasteiger partial charge in [-0.15, -0.1) is 0 Å². The van der Waals surface area contributed by atoms with Crippen molar-refractivity contribution in [1.29, 1.82) is 0 Å². The van der Waals surface area contributed by atoms with E-state index in [2.05, 4.69) is 9.97 Å². The van der Waals surface area contributed by atoms with Gasteiger partial charge in [-0.3, -0.25) is 4.98 Å². The second-order valence-corrected chi connectivity index (χ2v) is 5.28. The molecule has 0 unspecified atom stereocenters. The summed E-state index contributed by atoms with van der Waals surface area (Å²) in [4.78, 5) is 18.1. The summed E-state index contributed by atoms with van der Waals surface area (Å²) in [6.45, 7) is 0. The summed E-state index contributed by atoms with van der Waals surface area (Å²) in [5.41, 5.74) is -0.0973. The third-order valence-corrected chi connectivity index (χ3v) is 3.84. The monoisotopic (exact) mass is 264 g/mol. The second-order valence-electron chi connectivity index (χ2n) is 3.38. The fraction of sp³-hybridized carbons (Fsp3) is 0. The third kappa shape index (κ3) is 2.21. The van der Waals surface area contributed by atoms with Crippen LogP contribution < -0.4 is 0 Å². The van der Waals surface area contributed by atoms with Gasteiger partial charge in [0.25, 0.3) is 0 Å². The van der Waals surface area contributed by atoms with Crippen molar-refractivity contribution >= 4 is 15.8 Å². The average molecular weight is 264 g/mol. The standard InChI is InChI=1S/C11H8N2O4S/c14-11(15)8-2-1-3-9(6-8)18(16,17)10-7-12-4-5-13-10/h1-7H,(H,14,15). The normalized spacial score (nSPS) is 11.1. The Balaban J connectivity index is 2.55. The minimum atomic E-state index is -3.83. The molecule has 0 atom stereocenters. The minimum Gasteiger partial charge on any atom is -0.478 e. The van der Waals surface area contributed by atoms with Gasteiger partial charge >= 0.3 is 5.97 Å². The van der Waals surface area contributed by atoms with Crippen LogP contribution in [0.1, 0.15) is 10.4 Å². The highest BCUT2D eigenvalue weighted by molar-refractivity contribution is 7.91. The summed E-state index contributed by atoms with van der Waals surface area (Å²) in [6.07, 6.45) is 3.73. The molecule has 92 valence electrons. The molecule has 2 aromatic rings. The molecular formula is C11H8N2O4S. The molecule has 0 spiro atoms. The molecule has 0 fully saturated rings. The first kappa shape index (κ1) is 12.2. The van der Waals surface area contributed by atoms with E-state index >= 15 is 0 Å². The first-order chi connectivity index (χ1) is 8.51. The van der Waals surface area contributed by atoms with E-state index < -0.39 is 15.8 Å². The molecule has 0 bridgehead atoms. The number of hydrogen-bond acceptors (Lipinski definition) is 5. The molecule has 1 N–H and O–H groups in total. The van der Waals surface area contributed by atoms with Crippen LogP contribution in [0.3, 0.4) is 0 Å². The van der Waals surface area contributed by atoms with E-state index in [1.54, 1.807) is 0 Å². The van der Waals surface area contributed by atoms with Gasteiger partial charge in [0.2, 0.25) is 9.84 Å². The van der Waals surface area contributed by atoms with Gasteiger partial charge in [0.1, 0.15) is 0 Å². The molecular weight excluding hydrogens is 256 g/mol. The van der Waals surface area contributed by atoms with Crippen LogP contribution in [0.4, 0.5) is 0 Å². The SMILES string of the molecule is O=C(O)c1cccc(S(=O)(=O)c2cnccn2)c1. The molecule has 1 heterocycles. The van der Waals surface area contributed by atoms with Gasteiger partial charge in [0.15, 0.2) is 5.03 Å². The van der Waals surface area contributed by atoms with Crippen LogP contribution in [-0.2, 0) is 9.84 Å². The Kier molecular flexibility index (Phi) is 3.07. The number of benzene rings is 1. The van der Waals surface area contributed by atoms with Crippen LogP contribution in [0.15, 0.2) is 52.8 Å². The predicted octanol–water partition coefficient (Wildman–Crippen LogP) is 1.01. The van der Waals surface area contributed by atoms with Crippen LogP contribution in [0.5, 0.6) is 0 Å². The fourth-order valence-corrected chi connectivity index (χ4v) is 2.52. The number of carbonyl (C=O) groups is 1. The highest BCUT2D eigenvalue weighted by Crippen LogP contribution is 2.19. The van der Waals surface area contributed by atoms with Crippen LogP contribution in [0, 0.1) is 0 Å². The number of aromatic nitrogens is 2. The van der Waals surface area contributed by atoms with Crippen molar-refractivity contribution in [1.82, 2.24) is 9.97 Å². The van der Waals surface area contributed by atoms with E-state index in [1.165, 1.54) is 30.6 Å². The zero-order valence-electron chi connectivity index (χ0n) is 9.02. The van der Waals surface area contributed by atoms with Crippen molar-refractivity contribution in [2.24, 2.45) is 0 Å². The van der Waals surface area contributed by atoms with E-state index in [1.807, 2.05) is 0 Å². The highest BCUT2D eigenvalue weighted by Gasteiger charge is 2.20. The first-order valence-corrected chi connectivity index (χ1v) is 6.34. The van der Waals surface area contributed by atoms with Crippen molar-refractivity contribution in [3.63, 3.8) is 0 Å². The largest absolute Gasteiger partial charge is 0.478 e. The summed E-state index contributed by atoms with van der Waals surface area (Å²) in [5.74, 6) is -1.19. The maximum Gasteiger partial charge on any atom is 0.335 e. The summed E-state index contributed by atoms with van der Waals surface area (Å²) in [7, 11) is -3.83. The Bertz CT molecular complexity index is 683. The number of sulfone groups is 1. The number of nitrogens with zero attached hydrogens (tertiary/aromatic N) is 2. The Morgan fingerprint density at radius 1 is 1.22 bits per heavy atom. The molecule has 0 radical (unpaired) electrons. The Morgan fingerprint density at radius 2 is 2.00 bits per heavy atom. The smallest absolute Gasteiger partial charge is 0.335 e. The number of hydrogen-bond donors (Lipinski definition) is 1. The van der Waals surface area contributed by atoms with Gasteiger partial charge in [-0.25, -0.2) is 18.2 Å². The minimum absolute atomic E-state index is 0.0973. The van der Waals surface area contributed by atoms with Crippen LogP contribution in [0.25, 0.3) is 0 Å². The van der Waals surface area contributed by atoms with E-state index in [4.69, 9.17) is 5.11 Å². The predicted molar refractivity (Wildman–Crippen MR) is 60.9 cm³/mol. The number of aromatic carboxylic acids is 1. The molecule has 0 saturated heterocycles. The highest BCUT2D eigenvalue weighted by atomic mass is 32.2. The van der Waals surface area contributed by atoms with Gasteiger partial charge in [0.05, 0.1) is 16.7 Å². The lowest BCUT2D eigenvalue weighted by atomic mass is 10.2. The lowest BCUT2D eigenvalue weighted by Crippen LogP contribution is -2.06. The maximum atomic E-state index is 12.1. The zero-order valence-corrected chi connectivity index (χ0v) is 9.83. The molecule has 0 aliphatic heterocycles. The van der Waals surface area contributed by atoms with Crippen LogP contribution >= 0.6 is 0 Å². The van der Waals surface area contributed by atoms with Gasteiger partial charge in [-0.1, -0.05) is 6.07 Å². The van der Waals surface area contributed by atoms with E-state index in [0.29, 0.717) is 0 Å². The molecule has 0 aliphatic carbocycles. The molecule has 2 rings (SSSR count). The quantitative estimate of drug-likeness (QED) is 0.888. The van der Waals surface area contributed by atoms with Gasteiger partial charge in [-0.05, 0) is 18.2 Å². The number of rotatable bonds is 3. The Morgan fingerprint density at radius 3 is 2.61 bits per heavy atom. The molecule has 0 saturated carbocycles. The lowest BCUT2D eigenvalue weighted by Gasteiger charge is -2.03. The van der Waals surface area contributed by atoms with Gasteiger partial charge < -0.3 is 5.11 Å². The van der Waals surface area contributed by atoms with E-state index in [9.17, 15) is 13.2 Å². The Hall–Kier alpha value is -2.28. The number of carboxylic acids is 1. The average Bonchev–Trinajstić information content (AvgIpc) is 2.40. The molecule has 0 amide bonds. The van der Waals surface area contributed by atoms with Crippen molar-refractivity contribution in [2.45, 2.75) is 9.92 Å². The summed E-state index contributed by atoms with van der Waals surface area (Å²) in [5, 5.41) is 8.61. The first-order valence-electron chi connectivity index (χ1n) is 4.86. The topological polar surface area (TPSA) is 97.2 Å². The third-order valence-electron chi connectivity index (χ3n) is 2.21. The summed E-state index contributed by atoms with van der Waals surface area (Å²) in [6, 6.07) is 5.09. The zero-order chi connectivity index (χ0) is 13.2. The lowest BCUT2D eigenvalue weighted by molar-refractivity contribution is 0.0696. The Labute approximate surface area is 103 Å². The summed E-state index contributed by atoms with van der Waals surface area (Å²) < 4.78 is 24.2. The second kappa shape index (κ2) is 4.53. The summed E-state index contributed by atoms with van der Waals surface area (Å²) >= 11 is 0. The van der Waals surface area contributed by atoms with Crippen molar-refractivity contribution < 1.29 is 18.3 Å². The van der Waals surface area contributed by atoms with Crippen molar-refractivity contribution in [3.05, 3.63) is 48.4 Å². The van der Waals surface area contributed by atoms with Gasteiger partial charge in [-0.2, -0.15) is 0 Å². The van der Waals surface area contributed by atoms with E-state index in [-0.39, 0.29) is 15.5 Å². The molecule has 7 heteroatoms. The molecule has 1 aromatic carbocycles. The number of carboxylic acid groups (broad SMARTS) is 1. The van der Waals surface area contributed by atoms with Crippen LogP contribution in [-0.4, -0.2) is 29.5 Å².